The lowest BCUT2D eigenvalue weighted by atomic mass is 10.2. The zero-order valence-corrected chi connectivity index (χ0v) is 19.3. The lowest BCUT2D eigenvalue weighted by molar-refractivity contribution is -0.385. The third-order valence-corrected chi connectivity index (χ3v) is 6.13. The first kappa shape index (κ1) is 23.3. The molecule has 1 N–H and O–H groups in total. The largest absolute Gasteiger partial charge is 0.372 e. The van der Waals surface area contributed by atoms with E-state index >= 15 is 0 Å². The van der Waals surface area contributed by atoms with E-state index in [9.17, 15) is 14.9 Å². The molecule has 1 amide bonds. The Morgan fingerprint density at radius 2 is 1.84 bits per heavy atom. The average molecular weight is 455 g/mol. The van der Waals surface area contributed by atoms with Crippen LogP contribution in [0, 0.1) is 17.0 Å². The fourth-order valence-corrected chi connectivity index (χ4v) is 4.02. The molecule has 0 aliphatic rings. The van der Waals surface area contributed by atoms with Crippen molar-refractivity contribution in [3.05, 3.63) is 58.1 Å². The molecule has 10 heteroatoms. The minimum absolute atomic E-state index is 0.0274. The number of hydrogen-bond donors (Lipinski definition) is 1. The summed E-state index contributed by atoms with van der Waals surface area (Å²) in [5, 5.41) is 22.9. The Hall–Kier alpha value is -3.40. The van der Waals surface area contributed by atoms with Gasteiger partial charge in [-0.25, -0.2) is 0 Å². The van der Waals surface area contributed by atoms with Gasteiger partial charge in [0, 0.05) is 48.7 Å². The van der Waals surface area contributed by atoms with Gasteiger partial charge in [-0.05, 0) is 51.1 Å². The Balaban J connectivity index is 1.64. The third-order valence-electron chi connectivity index (χ3n) is 5.11. The Kier molecular flexibility index (Phi) is 7.47. The number of aryl methyl sites for hydroxylation is 1. The number of anilines is 2. The second-order valence-electron chi connectivity index (χ2n) is 7.18. The first-order valence-electron chi connectivity index (χ1n) is 10.3. The van der Waals surface area contributed by atoms with Gasteiger partial charge >= 0.3 is 0 Å². The van der Waals surface area contributed by atoms with Crippen LogP contribution in [-0.2, 0) is 11.8 Å². The number of nitrogens with zero attached hydrogens (tertiary/aromatic N) is 5. The molecular weight excluding hydrogens is 428 g/mol. The Labute approximate surface area is 191 Å². The number of aromatic nitrogens is 3. The summed E-state index contributed by atoms with van der Waals surface area (Å²) in [4.78, 5) is 25.2. The van der Waals surface area contributed by atoms with Gasteiger partial charge in [0.1, 0.15) is 0 Å². The van der Waals surface area contributed by atoms with E-state index in [0.717, 1.165) is 24.3 Å². The van der Waals surface area contributed by atoms with Crippen molar-refractivity contribution in [1.29, 1.82) is 0 Å². The van der Waals surface area contributed by atoms with E-state index in [1.165, 1.54) is 17.8 Å². The van der Waals surface area contributed by atoms with Crippen LogP contribution in [0.1, 0.15) is 19.4 Å². The van der Waals surface area contributed by atoms with Crippen molar-refractivity contribution in [2.24, 2.45) is 7.05 Å². The van der Waals surface area contributed by atoms with Crippen LogP contribution in [-0.4, -0.2) is 44.4 Å². The minimum Gasteiger partial charge on any atom is -0.372 e. The molecule has 3 aromatic rings. The Bertz CT molecular complexity index is 1110. The van der Waals surface area contributed by atoms with Gasteiger partial charge in [-0.3, -0.25) is 14.9 Å². The molecule has 0 radical (unpaired) electrons. The summed E-state index contributed by atoms with van der Waals surface area (Å²) < 4.78 is 1.85. The van der Waals surface area contributed by atoms with Crippen LogP contribution in [0.25, 0.3) is 11.4 Å². The predicted octanol–water partition coefficient (Wildman–Crippen LogP) is 4.28. The highest BCUT2D eigenvalue weighted by molar-refractivity contribution is 7.99. The van der Waals surface area contributed by atoms with Crippen LogP contribution >= 0.6 is 11.8 Å². The summed E-state index contributed by atoms with van der Waals surface area (Å²) >= 11 is 1.25. The van der Waals surface area contributed by atoms with E-state index in [0.29, 0.717) is 22.2 Å². The van der Waals surface area contributed by atoms with Crippen LogP contribution < -0.4 is 10.2 Å². The molecular formula is C22H26N6O3S. The fraction of sp³-hybridized carbons (Fsp3) is 0.318. The maximum Gasteiger partial charge on any atom is 0.274 e. The van der Waals surface area contributed by atoms with Gasteiger partial charge in [0.25, 0.3) is 5.69 Å². The molecule has 2 aromatic carbocycles. The zero-order valence-electron chi connectivity index (χ0n) is 18.5. The minimum atomic E-state index is -0.463. The summed E-state index contributed by atoms with van der Waals surface area (Å²) in [7, 11) is 1.86. The van der Waals surface area contributed by atoms with Crippen molar-refractivity contribution in [2.45, 2.75) is 25.9 Å². The molecule has 3 rings (SSSR count). The quantitative estimate of drug-likeness (QED) is 0.292. The Morgan fingerprint density at radius 1 is 1.16 bits per heavy atom. The number of carbonyl (C=O) groups is 1. The predicted molar refractivity (Wildman–Crippen MR) is 127 cm³/mol. The van der Waals surface area contributed by atoms with Crippen molar-refractivity contribution >= 4 is 34.7 Å². The zero-order chi connectivity index (χ0) is 23.3. The molecule has 0 saturated carbocycles. The molecule has 1 heterocycles. The molecule has 32 heavy (non-hydrogen) atoms. The molecule has 0 unspecified atom stereocenters. The number of amides is 1. The monoisotopic (exact) mass is 454 g/mol. The van der Waals surface area contributed by atoms with Gasteiger partial charge in [0.2, 0.25) is 5.91 Å². The normalized spacial score (nSPS) is 10.8. The molecule has 168 valence electrons. The highest BCUT2D eigenvalue weighted by Gasteiger charge is 2.15. The van der Waals surface area contributed by atoms with Gasteiger partial charge in [-0.2, -0.15) is 0 Å². The molecule has 0 bridgehead atoms. The molecule has 9 nitrogen and oxygen atoms in total. The number of rotatable bonds is 9. The fourth-order valence-electron chi connectivity index (χ4n) is 3.31. The smallest absolute Gasteiger partial charge is 0.274 e. The number of nitro groups is 1. The van der Waals surface area contributed by atoms with Gasteiger partial charge in [-0.1, -0.05) is 17.8 Å². The first-order chi connectivity index (χ1) is 15.3. The van der Waals surface area contributed by atoms with Crippen molar-refractivity contribution in [3.63, 3.8) is 0 Å². The third kappa shape index (κ3) is 5.25. The van der Waals surface area contributed by atoms with Gasteiger partial charge in [0.15, 0.2) is 11.0 Å². The number of thioether (sulfide) groups is 1. The molecule has 0 saturated heterocycles. The van der Waals surface area contributed by atoms with E-state index in [-0.39, 0.29) is 17.3 Å². The molecule has 0 aliphatic carbocycles. The lowest BCUT2D eigenvalue weighted by Gasteiger charge is -2.21. The molecule has 0 spiro atoms. The number of nitro benzene ring substituents is 1. The van der Waals surface area contributed by atoms with Crippen LogP contribution in [0.5, 0.6) is 0 Å². The maximum atomic E-state index is 12.3. The number of carbonyl (C=O) groups excluding carboxylic acids is 1. The lowest BCUT2D eigenvalue weighted by Crippen LogP contribution is -2.21. The van der Waals surface area contributed by atoms with E-state index in [1.807, 2.05) is 23.7 Å². The first-order valence-corrected chi connectivity index (χ1v) is 11.2. The second-order valence-corrected chi connectivity index (χ2v) is 8.12. The molecule has 0 atom stereocenters. The highest BCUT2D eigenvalue weighted by atomic mass is 32.2. The summed E-state index contributed by atoms with van der Waals surface area (Å²) in [5.41, 5.74) is 3.00. The van der Waals surface area contributed by atoms with E-state index < -0.39 is 4.92 Å². The summed E-state index contributed by atoms with van der Waals surface area (Å²) in [6.45, 7) is 7.79. The highest BCUT2D eigenvalue weighted by Crippen LogP contribution is 2.26. The topological polar surface area (TPSA) is 106 Å². The number of benzene rings is 2. The standard InChI is InChI=1S/C22H26N6O3S/c1-5-27(6-2)18-11-8-16(9-12-18)21-24-25-22(26(21)4)32-14-20(29)23-17-10-7-15(3)19(13-17)28(30)31/h7-13H,5-6,14H2,1-4H3,(H,23,29). The van der Waals surface area contributed by atoms with Crippen molar-refractivity contribution in [1.82, 2.24) is 14.8 Å². The Morgan fingerprint density at radius 3 is 2.47 bits per heavy atom. The van der Waals surface area contributed by atoms with Crippen molar-refractivity contribution < 1.29 is 9.72 Å². The number of nitrogens with one attached hydrogen (secondary N) is 1. The van der Waals surface area contributed by atoms with Crippen molar-refractivity contribution in [3.8, 4) is 11.4 Å². The average Bonchev–Trinajstić information content (AvgIpc) is 3.15. The maximum absolute atomic E-state index is 12.3. The molecule has 1 aromatic heterocycles. The molecule has 0 fully saturated rings. The van der Waals surface area contributed by atoms with Gasteiger partial charge in [-0.15, -0.1) is 10.2 Å². The van der Waals surface area contributed by atoms with Crippen LogP contribution in [0.3, 0.4) is 0 Å². The van der Waals surface area contributed by atoms with E-state index in [2.05, 4.69) is 46.4 Å². The SMILES string of the molecule is CCN(CC)c1ccc(-c2nnc(SCC(=O)Nc3ccc(C)c([N+](=O)[O-])c3)n2C)cc1. The van der Waals surface area contributed by atoms with Crippen molar-refractivity contribution in [2.75, 3.05) is 29.1 Å². The van der Waals surface area contributed by atoms with Gasteiger partial charge in [0.05, 0.1) is 10.7 Å². The van der Waals surface area contributed by atoms with Crippen LogP contribution in [0.4, 0.5) is 17.1 Å². The summed E-state index contributed by atoms with van der Waals surface area (Å²) in [5.74, 6) is 0.545. The van der Waals surface area contributed by atoms with Crippen LogP contribution in [0.15, 0.2) is 47.6 Å². The van der Waals surface area contributed by atoms with E-state index in [1.54, 1.807) is 19.1 Å². The molecule has 0 aliphatic heterocycles. The number of hydrogen-bond acceptors (Lipinski definition) is 7. The van der Waals surface area contributed by atoms with E-state index in [4.69, 9.17) is 0 Å². The summed E-state index contributed by atoms with van der Waals surface area (Å²) in [6.07, 6.45) is 0. The van der Waals surface area contributed by atoms with Crippen LogP contribution in [0.2, 0.25) is 0 Å². The summed E-state index contributed by atoms with van der Waals surface area (Å²) in [6, 6.07) is 12.8. The second kappa shape index (κ2) is 10.3. The van der Waals surface area contributed by atoms with Gasteiger partial charge < -0.3 is 14.8 Å².